The number of allylic oxidation sites excluding steroid dienone is 1. The van der Waals surface area contributed by atoms with Crippen LogP contribution in [0.5, 0.6) is 0 Å². The van der Waals surface area contributed by atoms with Gasteiger partial charge in [0.2, 0.25) is 0 Å². The maximum atomic E-state index is 12.6. The van der Waals surface area contributed by atoms with E-state index in [1.54, 1.807) is 0 Å². The second-order valence-corrected chi connectivity index (χ2v) is 5.35. The van der Waals surface area contributed by atoms with E-state index in [2.05, 4.69) is 11.4 Å². The predicted octanol–water partition coefficient (Wildman–Crippen LogP) is 3.83. The van der Waals surface area contributed by atoms with E-state index >= 15 is 0 Å². The van der Waals surface area contributed by atoms with Gasteiger partial charge in [-0.3, -0.25) is 0 Å². The summed E-state index contributed by atoms with van der Waals surface area (Å²) < 4.78 is 37.8. The molecule has 2 rings (SSSR count). The third-order valence-electron chi connectivity index (χ3n) is 3.69. The van der Waals surface area contributed by atoms with Crippen molar-refractivity contribution >= 4 is 0 Å². The lowest BCUT2D eigenvalue weighted by atomic mass is 10.1. The summed E-state index contributed by atoms with van der Waals surface area (Å²) in [7, 11) is 0. The van der Waals surface area contributed by atoms with Gasteiger partial charge < -0.3 is 10.4 Å². The summed E-state index contributed by atoms with van der Waals surface area (Å²) in [5, 5.41) is 13.1. The predicted molar refractivity (Wildman–Crippen MR) is 75.8 cm³/mol. The first kappa shape index (κ1) is 16.0. The zero-order chi connectivity index (χ0) is 15.3. The standard InChI is InChI=1S/C16H20F3NO/c17-16(18,19)14-7-3-6-13(10-14)15(21)11-20-9-8-12-4-1-2-5-12/h3-4,6-7,10,15,20-21H,1-2,5,8-9,11H2. The van der Waals surface area contributed by atoms with Crippen molar-refractivity contribution in [3.8, 4) is 0 Å². The molecule has 0 fully saturated rings. The third-order valence-corrected chi connectivity index (χ3v) is 3.69. The van der Waals surface area contributed by atoms with Crippen molar-refractivity contribution in [3.05, 3.63) is 47.0 Å². The Labute approximate surface area is 122 Å². The Morgan fingerprint density at radius 2 is 2.10 bits per heavy atom. The first-order valence-electron chi connectivity index (χ1n) is 7.20. The largest absolute Gasteiger partial charge is 0.416 e. The van der Waals surface area contributed by atoms with Crippen molar-refractivity contribution < 1.29 is 18.3 Å². The van der Waals surface area contributed by atoms with E-state index in [1.165, 1.54) is 24.1 Å². The zero-order valence-electron chi connectivity index (χ0n) is 11.8. The fourth-order valence-corrected chi connectivity index (χ4v) is 2.49. The van der Waals surface area contributed by atoms with Gasteiger partial charge >= 0.3 is 6.18 Å². The van der Waals surface area contributed by atoms with Crippen LogP contribution < -0.4 is 5.32 Å². The maximum Gasteiger partial charge on any atom is 0.416 e. The number of aliphatic hydroxyl groups excluding tert-OH is 1. The number of halogens is 3. The van der Waals surface area contributed by atoms with Crippen LogP contribution >= 0.6 is 0 Å². The molecule has 2 N–H and O–H groups in total. The molecule has 0 spiro atoms. The molecule has 21 heavy (non-hydrogen) atoms. The van der Waals surface area contributed by atoms with Gasteiger partial charge in [-0.05, 0) is 49.9 Å². The average Bonchev–Trinajstić information content (AvgIpc) is 2.96. The Morgan fingerprint density at radius 3 is 2.76 bits per heavy atom. The van der Waals surface area contributed by atoms with Crippen LogP contribution in [0.4, 0.5) is 13.2 Å². The molecule has 0 aromatic heterocycles. The van der Waals surface area contributed by atoms with E-state index in [0.717, 1.165) is 37.9 Å². The fraction of sp³-hybridized carbons (Fsp3) is 0.500. The van der Waals surface area contributed by atoms with Gasteiger partial charge in [-0.1, -0.05) is 23.8 Å². The van der Waals surface area contributed by atoms with Gasteiger partial charge in [-0.25, -0.2) is 0 Å². The van der Waals surface area contributed by atoms with Crippen molar-refractivity contribution in [2.75, 3.05) is 13.1 Å². The molecule has 1 aliphatic rings. The van der Waals surface area contributed by atoms with Crippen LogP contribution in [-0.4, -0.2) is 18.2 Å². The molecule has 0 saturated heterocycles. The summed E-state index contributed by atoms with van der Waals surface area (Å²) >= 11 is 0. The van der Waals surface area contributed by atoms with Crippen molar-refractivity contribution in [1.29, 1.82) is 0 Å². The number of alkyl halides is 3. The molecule has 116 valence electrons. The van der Waals surface area contributed by atoms with Crippen molar-refractivity contribution in [2.24, 2.45) is 0 Å². The topological polar surface area (TPSA) is 32.3 Å². The van der Waals surface area contributed by atoms with Crippen molar-refractivity contribution in [1.82, 2.24) is 5.32 Å². The number of hydrogen-bond acceptors (Lipinski definition) is 2. The Morgan fingerprint density at radius 1 is 1.29 bits per heavy atom. The van der Waals surface area contributed by atoms with Gasteiger partial charge in [0.25, 0.3) is 0 Å². The summed E-state index contributed by atoms with van der Waals surface area (Å²) in [6.07, 6.45) is 1.37. The normalized spacial score (nSPS) is 16.9. The van der Waals surface area contributed by atoms with Crippen LogP contribution in [0.2, 0.25) is 0 Å². The van der Waals surface area contributed by atoms with Gasteiger partial charge in [-0.2, -0.15) is 13.2 Å². The highest BCUT2D eigenvalue weighted by molar-refractivity contribution is 5.27. The van der Waals surface area contributed by atoms with E-state index < -0.39 is 17.8 Å². The number of nitrogens with one attached hydrogen (secondary N) is 1. The summed E-state index contributed by atoms with van der Waals surface area (Å²) in [4.78, 5) is 0. The third kappa shape index (κ3) is 4.86. The molecule has 5 heteroatoms. The van der Waals surface area contributed by atoms with Crippen LogP contribution in [0, 0.1) is 0 Å². The molecular weight excluding hydrogens is 279 g/mol. The lowest BCUT2D eigenvalue weighted by Gasteiger charge is -2.14. The molecule has 1 aromatic carbocycles. The minimum absolute atomic E-state index is 0.259. The van der Waals surface area contributed by atoms with Crippen molar-refractivity contribution in [2.45, 2.75) is 38.0 Å². The monoisotopic (exact) mass is 299 g/mol. The number of aliphatic hydroxyl groups is 1. The van der Waals surface area contributed by atoms with E-state index in [0.29, 0.717) is 0 Å². The fourth-order valence-electron chi connectivity index (χ4n) is 2.49. The molecule has 0 bridgehead atoms. The maximum absolute atomic E-state index is 12.6. The molecule has 0 aliphatic heterocycles. The molecule has 0 heterocycles. The molecular formula is C16H20F3NO. The van der Waals surface area contributed by atoms with Crippen LogP contribution in [0.1, 0.15) is 42.9 Å². The minimum Gasteiger partial charge on any atom is -0.387 e. The summed E-state index contributed by atoms with van der Waals surface area (Å²) in [6.45, 7) is 0.996. The van der Waals surface area contributed by atoms with Gasteiger partial charge in [0.15, 0.2) is 0 Å². The molecule has 1 aromatic rings. The molecule has 1 aliphatic carbocycles. The zero-order valence-corrected chi connectivity index (χ0v) is 11.8. The smallest absolute Gasteiger partial charge is 0.387 e. The van der Waals surface area contributed by atoms with Gasteiger partial charge in [0, 0.05) is 6.54 Å². The lowest BCUT2D eigenvalue weighted by Crippen LogP contribution is -2.23. The van der Waals surface area contributed by atoms with Gasteiger partial charge in [-0.15, -0.1) is 0 Å². The quantitative estimate of drug-likeness (QED) is 0.618. The Hall–Kier alpha value is -1.33. The Balaban J connectivity index is 1.81. The summed E-state index contributed by atoms with van der Waals surface area (Å²) in [5.74, 6) is 0. The summed E-state index contributed by atoms with van der Waals surface area (Å²) in [6, 6.07) is 4.86. The first-order chi connectivity index (χ1) is 9.97. The molecule has 1 unspecified atom stereocenters. The Kier molecular flexibility index (Phi) is 5.42. The van der Waals surface area contributed by atoms with E-state index in [9.17, 15) is 18.3 Å². The van der Waals surface area contributed by atoms with E-state index in [1.807, 2.05) is 0 Å². The molecule has 0 amide bonds. The molecule has 0 radical (unpaired) electrons. The van der Waals surface area contributed by atoms with Crippen molar-refractivity contribution in [3.63, 3.8) is 0 Å². The molecule has 2 nitrogen and oxygen atoms in total. The summed E-state index contributed by atoms with van der Waals surface area (Å²) in [5.41, 5.74) is 0.989. The first-order valence-corrected chi connectivity index (χ1v) is 7.20. The van der Waals surface area contributed by atoms with Crippen LogP contribution in [0.15, 0.2) is 35.9 Å². The van der Waals surface area contributed by atoms with Gasteiger partial charge in [0.05, 0.1) is 11.7 Å². The number of rotatable bonds is 6. The second-order valence-electron chi connectivity index (χ2n) is 5.35. The minimum atomic E-state index is -4.38. The Bertz CT molecular complexity index is 497. The van der Waals surface area contributed by atoms with Crippen LogP contribution in [0.25, 0.3) is 0 Å². The highest BCUT2D eigenvalue weighted by atomic mass is 19.4. The average molecular weight is 299 g/mol. The highest BCUT2D eigenvalue weighted by Crippen LogP contribution is 2.30. The van der Waals surface area contributed by atoms with Gasteiger partial charge in [0.1, 0.15) is 0 Å². The number of benzene rings is 1. The molecule has 0 saturated carbocycles. The second kappa shape index (κ2) is 7.09. The molecule has 1 atom stereocenters. The van der Waals surface area contributed by atoms with E-state index in [4.69, 9.17) is 0 Å². The highest BCUT2D eigenvalue weighted by Gasteiger charge is 2.30. The van der Waals surface area contributed by atoms with Crippen LogP contribution in [0.3, 0.4) is 0 Å². The lowest BCUT2D eigenvalue weighted by molar-refractivity contribution is -0.137. The number of hydrogen-bond donors (Lipinski definition) is 2. The van der Waals surface area contributed by atoms with E-state index in [-0.39, 0.29) is 12.1 Å². The SMILES string of the molecule is OC(CNCCC1=CCCC1)c1cccc(C(F)(F)F)c1. The van der Waals surface area contributed by atoms with Crippen LogP contribution in [-0.2, 0) is 6.18 Å².